The number of halogens is 1. The number of aromatic nitrogens is 4. The minimum absolute atomic E-state index is 0.278. The van der Waals surface area contributed by atoms with Gasteiger partial charge in [0.15, 0.2) is 5.69 Å². The molecule has 0 radical (unpaired) electrons. The highest BCUT2D eigenvalue weighted by Gasteiger charge is 2.27. The summed E-state index contributed by atoms with van der Waals surface area (Å²) in [7, 11) is 0. The number of rotatable bonds is 5. The summed E-state index contributed by atoms with van der Waals surface area (Å²) in [6.07, 6.45) is 6.11. The molecule has 0 saturated heterocycles. The van der Waals surface area contributed by atoms with Crippen molar-refractivity contribution < 1.29 is 9.18 Å². The number of nitrogens with zero attached hydrogens (tertiary/aromatic N) is 4. The standard InChI is InChI=1S/C23H20FN5O/c24-19-9-1-2-10-21(19)29-20-11-4-8-18(20)22(27-29)23(30)26-17-7-3-6-16(14-17)15-28-13-5-12-25-28/h1-3,5-7,9-10,12-14H,4,8,11,15H2,(H,26,30). The molecule has 0 atom stereocenters. The van der Waals surface area contributed by atoms with Crippen LogP contribution in [0.25, 0.3) is 5.69 Å². The fourth-order valence-corrected chi connectivity index (χ4v) is 3.96. The van der Waals surface area contributed by atoms with Gasteiger partial charge >= 0.3 is 0 Å². The second kappa shape index (κ2) is 7.59. The Hall–Kier alpha value is -3.74. The fraction of sp³-hybridized carbons (Fsp3) is 0.174. The molecule has 2 aromatic heterocycles. The summed E-state index contributed by atoms with van der Waals surface area (Å²) in [6.45, 7) is 0.619. The van der Waals surface area contributed by atoms with E-state index in [2.05, 4.69) is 15.5 Å². The summed E-state index contributed by atoms with van der Waals surface area (Å²) in [4.78, 5) is 13.0. The van der Waals surface area contributed by atoms with E-state index in [1.54, 1.807) is 29.1 Å². The zero-order chi connectivity index (χ0) is 20.5. The zero-order valence-corrected chi connectivity index (χ0v) is 16.3. The predicted molar refractivity (Wildman–Crippen MR) is 111 cm³/mol. The lowest BCUT2D eigenvalue weighted by atomic mass is 10.1. The quantitative estimate of drug-likeness (QED) is 0.550. The van der Waals surface area contributed by atoms with E-state index in [4.69, 9.17) is 0 Å². The van der Waals surface area contributed by atoms with Crippen molar-refractivity contribution in [3.63, 3.8) is 0 Å². The molecular formula is C23H20FN5O. The first kappa shape index (κ1) is 18.3. The van der Waals surface area contributed by atoms with Crippen LogP contribution in [-0.4, -0.2) is 25.5 Å². The Morgan fingerprint density at radius 1 is 1.10 bits per heavy atom. The van der Waals surface area contributed by atoms with Crippen molar-refractivity contribution in [2.45, 2.75) is 25.8 Å². The van der Waals surface area contributed by atoms with E-state index in [-0.39, 0.29) is 11.7 Å². The van der Waals surface area contributed by atoms with Crippen LogP contribution in [-0.2, 0) is 19.4 Å². The molecule has 1 aliphatic carbocycles. The molecule has 2 heterocycles. The molecule has 2 aromatic carbocycles. The van der Waals surface area contributed by atoms with Crippen LogP contribution < -0.4 is 5.32 Å². The molecule has 0 aliphatic heterocycles. The third kappa shape index (κ3) is 3.39. The van der Waals surface area contributed by atoms with E-state index in [1.165, 1.54) is 6.07 Å². The predicted octanol–water partition coefficient (Wildman–Crippen LogP) is 4.00. The Morgan fingerprint density at radius 3 is 2.83 bits per heavy atom. The lowest BCUT2D eigenvalue weighted by Crippen LogP contribution is -2.15. The van der Waals surface area contributed by atoms with Gasteiger partial charge in [-0.25, -0.2) is 9.07 Å². The average Bonchev–Trinajstić information content (AvgIpc) is 3.47. The molecule has 0 bridgehead atoms. The van der Waals surface area contributed by atoms with E-state index < -0.39 is 0 Å². The summed E-state index contributed by atoms with van der Waals surface area (Å²) in [5.74, 6) is -0.632. The van der Waals surface area contributed by atoms with E-state index >= 15 is 0 Å². The molecule has 30 heavy (non-hydrogen) atoms. The zero-order valence-electron chi connectivity index (χ0n) is 16.3. The normalized spacial score (nSPS) is 12.7. The summed E-state index contributed by atoms with van der Waals surface area (Å²) in [5.41, 5.74) is 4.27. The number of fused-ring (bicyclic) bond motifs is 1. The van der Waals surface area contributed by atoms with Gasteiger partial charge in [0.25, 0.3) is 5.91 Å². The highest BCUT2D eigenvalue weighted by molar-refractivity contribution is 6.04. The number of hydrogen-bond acceptors (Lipinski definition) is 3. The van der Waals surface area contributed by atoms with Crippen LogP contribution in [0.15, 0.2) is 67.0 Å². The number of amides is 1. The van der Waals surface area contributed by atoms with Crippen molar-refractivity contribution in [1.29, 1.82) is 0 Å². The molecule has 6 nitrogen and oxygen atoms in total. The van der Waals surface area contributed by atoms with Gasteiger partial charge in [-0.15, -0.1) is 0 Å². The Labute approximate surface area is 173 Å². The topological polar surface area (TPSA) is 64.7 Å². The average molecular weight is 401 g/mol. The lowest BCUT2D eigenvalue weighted by molar-refractivity contribution is 0.102. The summed E-state index contributed by atoms with van der Waals surface area (Å²) in [6, 6.07) is 16.0. The van der Waals surface area contributed by atoms with Gasteiger partial charge in [0, 0.05) is 29.3 Å². The van der Waals surface area contributed by atoms with Crippen LogP contribution in [0.2, 0.25) is 0 Å². The Balaban J connectivity index is 1.42. The van der Waals surface area contributed by atoms with Crippen LogP contribution in [0.4, 0.5) is 10.1 Å². The van der Waals surface area contributed by atoms with Gasteiger partial charge in [-0.1, -0.05) is 24.3 Å². The van der Waals surface area contributed by atoms with E-state index in [0.29, 0.717) is 23.6 Å². The number of nitrogens with one attached hydrogen (secondary N) is 1. The monoisotopic (exact) mass is 401 g/mol. The molecule has 0 saturated carbocycles. The Bertz CT molecular complexity index is 1210. The van der Waals surface area contributed by atoms with Gasteiger partial charge in [-0.3, -0.25) is 9.48 Å². The maximum absolute atomic E-state index is 14.3. The van der Waals surface area contributed by atoms with Crippen molar-refractivity contribution in [3.05, 3.63) is 95.3 Å². The van der Waals surface area contributed by atoms with Crippen molar-refractivity contribution in [2.75, 3.05) is 5.32 Å². The van der Waals surface area contributed by atoms with Crippen LogP contribution in [0.3, 0.4) is 0 Å². The van der Waals surface area contributed by atoms with Crippen molar-refractivity contribution >= 4 is 11.6 Å². The molecule has 5 rings (SSSR count). The number of hydrogen-bond donors (Lipinski definition) is 1. The van der Waals surface area contributed by atoms with Gasteiger partial charge in [-0.05, 0) is 55.2 Å². The van der Waals surface area contributed by atoms with Gasteiger partial charge in [0.05, 0.1) is 6.54 Å². The van der Waals surface area contributed by atoms with E-state index in [1.807, 2.05) is 41.2 Å². The first-order valence-electron chi connectivity index (χ1n) is 9.92. The minimum atomic E-state index is -0.354. The van der Waals surface area contributed by atoms with Crippen LogP contribution >= 0.6 is 0 Å². The maximum atomic E-state index is 14.3. The maximum Gasteiger partial charge on any atom is 0.276 e. The summed E-state index contributed by atoms with van der Waals surface area (Å²) in [5, 5.41) is 11.7. The summed E-state index contributed by atoms with van der Waals surface area (Å²) >= 11 is 0. The molecule has 150 valence electrons. The van der Waals surface area contributed by atoms with E-state index in [9.17, 15) is 9.18 Å². The molecule has 1 N–H and O–H groups in total. The molecule has 1 amide bonds. The molecule has 7 heteroatoms. The SMILES string of the molecule is O=C(Nc1cccc(Cn2cccn2)c1)c1nn(-c2ccccc2F)c2c1CCC2. The van der Waals surface area contributed by atoms with Crippen molar-refractivity contribution in [1.82, 2.24) is 19.6 Å². The molecule has 0 spiro atoms. The van der Waals surface area contributed by atoms with Crippen molar-refractivity contribution in [3.8, 4) is 5.69 Å². The number of anilines is 1. The second-order valence-electron chi connectivity index (χ2n) is 7.35. The molecule has 0 unspecified atom stereocenters. The number of para-hydroxylation sites is 1. The molecule has 4 aromatic rings. The first-order valence-corrected chi connectivity index (χ1v) is 9.92. The van der Waals surface area contributed by atoms with Crippen LogP contribution in [0, 0.1) is 5.82 Å². The van der Waals surface area contributed by atoms with Crippen molar-refractivity contribution in [2.24, 2.45) is 0 Å². The van der Waals surface area contributed by atoms with Crippen LogP contribution in [0.5, 0.6) is 0 Å². The third-order valence-corrected chi connectivity index (χ3v) is 5.31. The van der Waals surface area contributed by atoms with Gasteiger partial charge in [0.1, 0.15) is 11.5 Å². The smallest absolute Gasteiger partial charge is 0.276 e. The Morgan fingerprint density at radius 2 is 2.00 bits per heavy atom. The van der Waals surface area contributed by atoms with Gasteiger partial charge in [0.2, 0.25) is 0 Å². The van der Waals surface area contributed by atoms with E-state index in [0.717, 1.165) is 36.1 Å². The van der Waals surface area contributed by atoms with Gasteiger partial charge < -0.3 is 5.32 Å². The molecule has 0 fully saturated rings. The largest absolute Gasteiger partial charge is 0.321 e. The summed E-state index contributed by atoms with van der Waals surface area (Å²) < 4.78 is 17.7. The number of benzene rings is 2. The number of carbonyl (C=O) groups excluding carboxylic acids is 1. The minimum Gasteiger partial charge on any atom is -0.321 e. The highest BCUT2D eigenvalue weighted by Crippen LogP contribution is 2.29. The third-order valence-electron chi connectivity index (χ3n) is 5.31. The fourth-order valence-electron chi connectivity index (χ4n) is 3.96. The Kier molecular flexibility index (Phi) is 4.63. The molecule has 1 aliphatic rings. The second-order valence-corrected chi connectivity index (χ2v) is 7.35. The molecular weight excluding hydrogens is 381 g/mol. The first-order chi connectivity index (χ1) is 14.7. The van der Waals surface area contributed by atoms with Gasteiger partial charge in [-0.2, -0.15) is 10.2 Å². The highest BCUT2D eigenvalue weighted by atomic mass is 19.1. The lowest BCUT2D eigenvalue weighted by Gasteiger charge is -2.08. The van der Waals surface area contributed by atoms with Crippen LogP contribution in [0.1, 0.15) is 33.7 Å². The number of carbonyl (C=O) groups is 1.